The quantitative estimate of drug-likeness (QED) is 0.806. The molecule has 0 fully saturated rings. The standard InChI is InChI=1S/C14H12O4S/c1-11-7-9-12(10-8-11)19(16,17)18-14-6-4-2-3-5-13(14)15/h2-10H,1H3. The summed E-state index contributed by atoms with van der Waals surface area (Å²) in [6.45, 7) is 1.85. The van der Waals surface area contributed by atoms with Crippen molar-refractivity contribution >= 4 is 10.1 Å². The van der Waals surface area contributed by atoms with Gasteiger partial charge in [0.1, 0.15) is 4.90 Å². The lowest BCUT2D eigenvalue weighted by Gasteiger charge is -2.05. The van der Waals surface area contributed by atoms with Gasteiger partial charge in [0.25, 0.3) is 0 Å². The predicted molar refractivity (Wildman–Crippen MR) is 71.7 cm³/mol. The number of hydrogen-bond donors (Lipinski definition) is 0. The van der Waals surface area contributed by atoms with E-state index in [2.05, 4.69) is 0 Å². The number of aryl methyl sites for hydroxylation is 1. The molecular formula is C14H12O4S. The van der Waals surface area contributed by atoms with Crippen molar-refractivity contribution in [3.05, 3.63) is 70.4 Å². The van der Waals surface area contributed by atoms with E-state index in [1.54, 1.807) is 24.3 Å². The van der Waals surface area contributed by atoms with E-state index in [1.807, 2.05) is 6.92 Å². The van der Waals surface area contributed by atoms with E-state index in [0.29, 0.717) is 0 Å². The van der Waals surface area contributed by atoms with E-state index in [-0.39, 0.29) is 10.6 Å². The fourth-order valence-electron chi connectivity index (χ4n) is 1.45. The fraction of sp³-hybridized carbons (Fsp3) is 0.0714. The van der Waals surface area contributed by atoms with Crippen molar-refractivity contribution in [2.24, 2.45) is 0 Å². The molecule has 0 aliphatic heterocycles. The molecule has 0 aliphatic carbocycles. The molecular weight excluding hydrogens is 264 g/mol. The lowest BCUT2D eigenvalue weighted by Crippen LogP contribution is -2.14. The molecule has 2 rings (SSSR count). The minimum Gasteiger partial charge on any atom is -0.375 e. The molecule has 0 aromatic heterocycles. The highest BCUT2D eigenvalue weighted by molar-refractivity contribution is 7.87. The van der Waals surface area contributed by atoms with Gasteiger partial charge in [-0.1, -0.05) is 35.9 Å². The average Bonchev–Trinajstić information content (AvgIpc) is 2.55. The molecule has 0 radical (unpaired) electrons. The van der Waals surface area contributed by atoms with Gasteiger partial charge in [-0.05, 0) is 31.2 Å². The Morgan fingerprint density at radius 1 is 0.895 bits per heavy atom. The second-order valence-electron chi connectivity index (χ2n) is 3.99. The Bertz CT molecular complexity index is 734. The van der Waals surface area contributed by atoms with Gasteiger partial charge in [0.05, 0.1) is 0 Å². The molecule has 0 aliphatic rings. The summed E-state index contributed by atoms with van der Waals surface area (Å²) in [4.78, 5) is 11.6. The van der Waals surface area contributed by atoms with Crippen LogP contribution in [0.15, 0.2) is 64.3 Å². The maximum Gasteiger partial charge on any atom is 0.339 e. The van der Waals surface area contributed by atoms with E-state index in [4.69, 9.17) is 4.18 Å². The molecule has 0 saturated carbocycles. The van der Waals surface area contributed by atoms with E-state index < -0.39 is 15.5 Å². The molecule has 2 aromatic carbocycles. The first-order chi connectivity index (χ1) is 8.99. The maximum absolute atomic E-state index is 12.0. The van der Waals surface area contributed by atoms with Crippen molar-refractivity contribution in [1.29, 1.82) is 0 Å². The van der Waals surface area contributed by atoms with Crippen LogP contribution in [0.5, 0.6) is 5.75 Å². The van der Waals surface area contributed by atoms with Crippen LogP contribution in [0.3, 0.4) is 0 Å². The summed E-state index contributed by atoms with van der Waals surface area (Å²) < 4.78 is 28.9. The zero-order valence-corrected chi connectivity index (χ0v) is 11.1. The SMILES string of the molecule is Cc1ccc(S(=O)(=O)Oc2cccccc2=O)cc1. The summed E-state index contributed by atoms with van der Waals surface area (Å²) in [6.07, 6.45) is 0. The molecule has 0 spiro atoms. The molecule has 0 saturated heterocycles. The molecule has 0 atom stereocenters. The second-order valence-corrected chi connectivity index (χ2v) is 5.54. The predicted octanol–water partition coefficient (Wildman–Crippen LogP) is 2.12. The van der Waals surface area contributed by atoms with Gasteiger partial charge in [0.2, 0.25) is 5.43 Å². The van der Waals surface area contributed by atoms with Crippen molar-refractivity contribution < 1.29 is 12.6 Å². The first-order valence-electron chi connectivity index (χ1n) is 5.59. The fourth-order valence-corrected chi connectivity index (χ4v) is 2.39. The molecule has 0 N–H and O–H groups in total. The number of rotatable bonds is 3. The van der Waals surface area contributed by atoms with Crippen LogP contribution in [0, 0.1) is 6.92 Å². The minimum atomic E-state index is -3.98. The van der Waals surface area contributed by atoms with Gasteiger partial charge in [0, 0.05) is 0 Å². The van der Waals surface area contributed by atoms with Gasteiger partial charge in [-0.15, -0.1) is 0 Å². The van der Waals surface area contributed by atoms with Crippen LogP contribution >= 0.6 is 0 Å². The minimum absolute atomic E-state index is 0.0176. The van der Waals surface area contributed by atoms with Gasteiger partial charge >= 0.3 is 10.1 Å². The topological polar surface area (TPSA) is 60.4 Å². The van der Waals surface area contributed by atoms with E-state index in [1.165, 1.54) is 30.3 Å². The largest absolute Gasteiger partial charge is 0.375 e. The highest BCUT2D eigenvalue weighted by Gasteiger charge is 2.17. The van der Waals surface area contributed by atoms with Crippen molar-refractivity contribution in [2.45, 2.75) is 11.8 Å². The zero-order chi connectivity index (χ0) is 13.9. The van der Waals surface area contributed by atoms with Crippen LogP contribution in [0.1, 0.15) is 5.56 Å². The monoisotopic (exact) mass is 276 g/mol. The Morgan fingerprint density at radius 2 is 1.53 bits per heavy atom. The smallest absolute Gasteiger partial charge is 0.339 e. The zero-order valence-electron chi connectivity index (χ0n) is 10.2. The Labute approximate surface area is 111 Å². The summed E-state index contributed by atoms with van der Waals surface area (Å²) in [5.41, 5.74) is 0.454. The van der Waals surface area contributed by atoms with Gasteiger partial charge in [-0.2, -0.15) is 8.42 Å². The molecule has 5 heteroatoms. The Balaban J connectivity index is 2.40. The number of benzene rings is 1. The lowest BCUT2D eigenvalue weighted by molar-refractivity contribution is 0.484. The van der Waals surface area contributed by atoms with Crippen LogP contribution in [0.2, 0.25) is 0 Å². The average molecular weight is 276 g/mol. The Kier molecular flexibility index (Phi) is 3.66. The molecule has 0 amide bonds. The summed E-state index contributed by atoms with van der Waals surface area (Å²) in [6, 6.07) is 13.5. The third-order valence-corrected chi connectivity index (χ3v) is 3.72. The highest BCUT2D eigenvalue weighted by atomic mass is 32.2. The first-order valence-corrected chi connectivity index (χ1v) is 7.00. The number of hydrogen-bond acceptors (Lipinski definition) is 4. The lowest BCUT2D eigenvalue weighted by atomic mass is 10.2. The summed E-state index contributed by atoms with van der Waals surface area (Å²) in [7, 11) is -3.98. The maximum atomic E-state index is 12.0. The first kappa shape index (κ1) is 13.3. The van der Waals surface area contributed by atoms with E-state index in [0.717, 1.165) is 5.56 Å². The molecule has 4 nitrogen and oxygen atoms in total. The van der Waals surface area contributed by atoms with Crippen LogP contribution in [0.4, 0.5) is 0 Å². The summed E-state index contributed by atoms with van der Waals surface area (Å²) >= 11 is 0. The summed E-state index contributed by atoms with van der Waals surface area (Å²) in [5.74, 6) is -0.217. The van der Waals surface area contributed by atoms with Crippen molar-refractivity contribution in [3.63, 3.8) is 0 Å². The van der Waals surface area contributed by atoms with Crippen LogP contribution in [-0.4, -0.2) is 8.42 Å². The summed E-state index contributed by atoms with van der Waals surface area (Å²) in [5, 5.41) is 0. The third kappa shape index (κ3) is 3.20. The highest BCUT2D eigenvalue weighted by Crippen LogP contribution is 2.15. The van der Waals surface area contributed by atoms with Crippen LogP contribution in [0.25, 0.3) is 0 Å². The molecule has 98 valence electrons. The Hall–Kier alpha value is -2.14. The Morgan fingerprint density at radius 3 is 2.21 bits per heavy atom. The van der Waals surface area contributed by atoms with Crippen molar-refractivity contribution in [3.8, 4) is 5.75 Å². The van der Waals surface area contributed by atoms with Gasteiger partial charge in [0.15, 0.2) is 5.75 Å². The molecule has 19 heavy (non-hydrogen) atoms. The van der Waals surface area contributed by atoms with Gasteiger partial charge < -0.3 is 4.18 Å². The second kappa shape index (κ2) is 5.24. The van der Waals surface area contributed by atoms with E-state index in [9.17, 15) is 13.2 Å². The van der Waals surface area contributed by atoms with E-state index >= 15 is 0 Å². The molecule has 0 unspecified atom stereocenters. The van der Waals surface area contributed by atoms with Crippen LogP contribution < -0.4 is 9.61 Å². The molecule has 0 bridgehead atoms. The van der Waals surface area contributed by atoms with Crippen molar-refractivity contribution in [1.82, 2.24) is 0 Å². The van der Waals surface area contributed by atoms with Gasteiger partial charge in [-0.3, -0.25) is 4.79 Å². The third-order valence-electron chi connectivity index (χ3n) is 2.47. The molecule has 0 heterocycles. The molecule has 2 aromatic rings. The van der Waals surface area contributed by atoms with Crippen LogP contribution in [-0.2, 0) is 10.1 Å². The van der Waals surface area contributed by atoms with Gasteiger partial charge in [-0.25, -0.2) is 0 Å². The van der Waals surface area contributed by atoms with Crippen molar-refractivity contribution in [2.75, 3.05) is 0 Å². The normalized spacial score (nSPS) is 11.0.